The van der Waals surface area contributed by atoms with E-state index in [1.54, 1.807) is 24.3 Å². The normalized spacial score (nSPS) is 14.6. The Morgan fingerprint density at radius 1 is 0.535 bits per heavy atom. The maximum Gasteiger partial charge on any atom is 0.330 e. The van der Waals surface area contributed by atoms with Crippen molar-refractivity contribution in [1.29, 1.82) is 0 Å². The lowest BCUT2D eigenvalue weighted by Crippen LogP contribution is -2.49. The van der Waals surface area contributed by atoms with Crippen molar-refractivity contribution >= 4 is 48.2 Å². The van der Waals surface area contributed by atoms with E-state index in [4.69, 9.17) is 20.5 Å². The molecule has 570 valence electrons. The summed E-state index contributed by atoms with van der Waals surface area (Å²) in [4.78, 5) is 65.2. The van der Waals surface area contributed by atoms with Crippen LogP contribution in [0.2, 0.25) is 0 Å². The molecule has 0 saturated heterocycles. The number of aromatic amines is 1. The zero-order valence-corrected chi connectivity index (χ0v) is 65.3. The molecule has 3 amide bonds. The molecule has 1 aromatic carbocycles. The second-order valence-electron chi connectivity index (χ2n) is 30.6. The summed E-state index contributed by atoms with van der Waals surface area (Å²) in [5.74, 6) is 4.98. The van der Waals surface area contributed by atoms with Crippen molar-refractivity contribution in [3.63, 3.8) is 0 Å². The van der Waals surface area contributed by atoms with Gasteiger partial charge >= 0.3 is 13.3 Å². The fourth-order valence-electron chi connectivity index (χ4n) is 12.8. The smallest absolute Gasteiger partial charge is 0.330 e. The van der Waals surface area contributed by atoms with Gasteiger partial charge in [0, 0.05) is 18.7 Å². The molecule has 21 heteroatoms. The first-order valence-corrected chi connectivity index (χ1v) is 41.5. The van der Waals surface area contributed by atoms with E-state index in [2.05, 4.69) is 128 Å². The zero-order valence-electron chi connectivity index (χ0n) is 64.4. The summed E-state index contributed by atoms with van der Waals surface area (Å²) in [7, 11) is -3.34. The van der Waals surface area contributed by atoms with Gasteiger partial charge in [-0.3, -0.25) is 23.5 Å². The summed E-state index contributed by atoms with van der Waals surface area (Å²) in [6.45, 7) is 33.1. The minimum atomic E-state index is -3.34. The standard InChI is InChI=1S/C78H146N13O7P/c1-12-13-53-85-77-89-73(80)72-74(90-77)91(78(95)88-72)59-68-40-42-69(43-41-68)75(93)86-58-71(92)87-70(76(94)84-54-25-51-82-49-17-16-48-81-50-24-46-79)39-14-15-47-83-52-26-57-99(96,97-55-44-66(10)37-22-35-64(8)33-20-31-62(6)29-18-27-60(2)3)98-56-45-67(11)38-23-36-65(9)34-21-32-63(7)30-19-28-61(4)5/h40-43,60-67,70,81-83H,12-39,44-59,79H2,1-11H3,(H,84,94)(H,86,93)(H,87,92)(H,88,95)(H3,80,85,89,90)/t62?,63?,64?,65?,66?,67?,70-,99?/m0/s1. The number of nitrogen functional groups attached to an aromatic ring is 1. The summed E-state index contributed by atoms with van der Waals surface area (Å²) < 4.78 is 28.6. The van der Waals surface area contributed by atoms with E-state index in [0.29, 0.717) is 106 Å². The second-order valence-corrected chi connectivity index (χ2v) is 32.8. The van der Waals surface area contributed by atoms with Gasteiger partial charge in [-0.15, -0.1) is 0 Å². The Hall–Kier alpha value is -4.43. The van der Waals surface area contributed by atoms with Crippen molar-refractivity contribution in [1.82, 2.24) is 51.4 Å². The number of nitrogens with two attached hydrogens (primary N) is 2. The lowest BCUT2D eigenvalue weighted by Gasteiger charge is -2.21. The van der Waals surface area contributed by atoms with Crippen LogP contribution in [-0.4, -0.2) is 128 Å². The largest absolute Gasteiger partial charge is 0.382 e. The van der Waals surface area contributed by atoms with E-state index < -0.39 is 25.5 Å². The first-order chi connectivity index (χ1) is 47.6. The summed E-state index contributed by atoms with van der Waals surface area (Å²) in [6.07, 6.45) is 33.6. The number of carbonyl (C=O) groups is 3. The number of hydrogen-bond donors (Lipinski definition) is 10. The monoisotopic (exact) mass is 1410 g/mol. The third-order valence-electron chi connectivity index (χ3n) is 19.6. The molecule has 0 aliphatic rings. The molecular weight excluding hydrogens is 1260 g/mol. The lowest BCUT2D eigenvalue weighted by molar-refractivity contribution is -0.128. The summed E-state index contributed by atoms with van der Waals surface area (Å²) in [5.41, 5.74) is 13.2. The Labute approximate surface area is 601 Å². The average Bonchev–Trinajstić information content (AvgIpc) is 1.65. The predicted molar refractivity (Wildman–Crippen MR) is 415 cm³/mol. The van der Waals surface area contributed by atoms with Crippen LogP contribution in [0.25, 0.3) is 11.2 Å². The maximum atomic E-state index is 14.5. The number of carbonyl (C=O) groups excluding carboxylic acids is 3. The van der Waals surface area contributed by atoms with Crippen LogP contribution >= 0.6 is 7.60 Å². The Morgan fingerprint density at radius 2 is 1.00 bits per heavy atom. The van der Waals surface area contributed by atoms with Crippen molar-refractivity contribution in [2.75, 3.05) is 95.9 Å². The molecule has 2 heterocycles. The van der Waals surface area contributed by atoms with Crippen LogP contribution in [0.4, 0.5) is 11.8 Å². The van der Waals surface area contributed by atoms with Crippen LogP contribution < -0.4 is 54.4 Å². The van der Waals surface area contributed by atoms with Gasteiger partial charge in [0.1, 0.15) is 11.6 Å². The quantitative estimate of drug-likeness (QED) is 0.0186. The number of H-pyrrole nitrogens is 1. The van der Waals surface area contributed by atoms with Gasteiger partial charge in [0.05, 0.1) is 32.5 Å². The fourth-order valence-corrected chi connectivity index (χ4v) is 14.5. The van der Waals surface area contributed by atoms with Crippen LogP contribution in [0, 0.1) is 47.3 Å². The minimum Gasteiger partial charge on any atom is -0.382 e. The predicted octanol–water partition coefficient (Wildman–Crippen LogP) is 15.3. The molecule has 7 atom stereocenters. The number of rotatable bonds is 64. The molecule has 0 saturated carbocycles. The van der Waals surface area contributed by atoms with E-state index in [9.17, 15) is 23.7 Å². The van der Waals surface area contributed by atoms with Gasteiger partial charge in [-0.1, -0.05) is 210 Å². The van der Waals surface area contributed by atoms with Gasteiger partial charge < -0.3 is 62.7 Å². The molecule has 6 unspecified atom stereocenters. The highest BCUT2D eigenvalue weighted by Crippen LogP contribution is 2.49. The topological polar surface area (TPSA) is 287 Å². The van der Waals surface area contributed by atoms with Crippen LogP contribution in [0.3, 0.4) is 0 Å². The number of imidazole rings is 1. The van der Waals surface area contributed by atoms with E-state index in [1.165, 1.54) is 107 Å². The van der Waals surface area contributed by atoms with Gasteiger partial charge in [0.2, 0.25) is 17.8 Å². The van der Waals surface area contributed by atoms with Gasteiger partial charge in [0.15, 0.2) is 11.5 Å². The summed E-state index contributed by atoms with van der Waals surface area (Å²) in [6, 6.07) is 5.96. The number of aromatic nitrogens is 4. The van der Waals surface area contributed by atoms with Crippen molar-refractivity contribution in [2.45, 2.75) is 281 Å². The van der Waals surface area contributed by atoms with E-state index in [-0.39, 0.29) is 30.5 Å². The van der Waals surface area contributed by atoms with Crippen LogP contribution in [0.1, 0.15) is 285 Å². The van der Waals surface area contributed by atoms with Gasteiger partial charge in [-0.05, 0) is 181 Å². The Bertz CT molecular complexity index is 2620. The molecular formula is C78H146N13O7P. The number of nitrogens with zero attached hydrogens (tertiary/aromatic N) is 3. The number of amides is 3. The SMILES string of the molecule is CCCCNc1nc(N)c2[nH]c(=O)n(Cc3ccc(C(=O)NCC(=O)N[C@@H](CCCCNCCCP(=O)(OCCC(C)CCCC(C)CCCC(C)CCCC(C)C)OCCC(C)CCCC(C)CCCC(C)CCCC(C)C)C(=O)NCCCNCCCCNCCCN)cc3)c2n1. The van der Waals surface area contributed by atoms with E-state index in [0.717, 1.165) is 138 Å². The summed E-state index contributed by atoms with van der Waals surface area (Å²) in [5, 5.41) is 22.2. The Kier molecular flexibility index (Phi) is 48.7. The summed E-state index contributed by atoms with van der Waals surface area (Å²) >= 11 is 0. The van der Waals surface area contributed by atoms with Crippen LogP contribution in [0.15, 0.2) is 29.1 Å². The highest BCUT2D eigenvalue weighted by atomic mass is 31.2. The Balaban J connectivity index is 1.53. The molecule has 0 spiro atoms. The Morgan fingerprint density at radius 3 is 1.49 bits per heavy atom. The van der Waals surface area contributed by atoms with Crippen molar-refractivity contribution < 1.29 is 28.0 Å². The van der Waals surface area contributed by atoms with Gasteiger partial charge in [0.25, 0.3) is 5.91 Å². The van der Waals surface area contributed by atoms with Crippen LogP contribution in [0.5, 0.6) is 0 Å². The van der Waals surface area contributed by atoms with E-state index in [1.807, 2.05) is 0 Å². The molecule has 3 rings (SSSR count). The second kappa shape index (κ2) is 54.3. The highest BCUT2D eigenvalue weighted by molar-refractivity contribution is 7.53. The molecule has 12 N–H and O–H groups in total. The number of benzene rings is 1. The maximum absolute atomic E-state index is 14.5. The van der Waals surface area contributed by atoms with Gasteiger partial charge in [-0.25, -0.2) is 4.79 Å². The van der Waals surface area contributed by atoms with Crippen molar-refractivity contribution in [3.05, 3.63) is 45.9 Å². The minimum absolute atomic E-state index is 0.168. The molecule has 20 nitrogen and oxygen atoms in total. The molecule has 2 aromatic heterocycles. The highest BCUT2D eigenvalue weighted by Gasteiger charge is 2.26. The molecule has 99 heavy (non-hydrogen) atoms. The number of anilines is 2. The van der Waals surface area contributed by atoms with E-state index >= 15 is 0 Å². The molecule has 0 bridgehead atoms. The first kappa shape index (κ1) is 88.8. The van der Waals surface area contributed by atoms with Crippen LogP contribution in [-0.2, 0) is 29.7 Å². The number of fused-ring (bicyclic) bond motifs is 1. The molecule has 0 aliphatic carbocycles. The molecule has 0 aliphatic heterocycles. The first-order valence-electron chi connectivity index (χ1n) is 39.8. The number of hydrogen-bond acceptors (Lipinski definition) is 15. The number of unbranched alkanes of at least 4 members (excludes halogenated alkanes) is 3. The van der Waals surface area contributed by atoms with Crippen molar-refractivity contribution in [3.8, 4) is 0 Å². The lowest BCUT2D eigenvalue weighted by atomic mass is 9.91. The van der Waals surface area contributed by atoms with Crippen molar-refractivity contribution in [2.24, 2.45) is 53.1 Å². The molecule has 0 fully saturated rings. The third-order valence-corrected chi connectivity index (χ3v) is 21.7. The molecule has 3 aromatic rings. The third kappa shape index (κ3) is 42.7. The van der Waals surface area contributed by atoms with Gasteiger partial charge in [-0.2, -0.15) is 9.97 Å². The average molecular weight is 1410 g/mol. The fraction of sp³-hybridized carbons (Fsp3) is 0.821. The molecule has 0 radical (unpaired) electrons. The zero-order chi connectivity index (χ0) is 72.5. The number of nitrogens with one attached hydrogen (secondary N) is 8.